The molecule has 0 fully saturated rings. The van der Waals surface area contributed by atoms with Crippen LogP contribution in [-0.4, -0.2) is 42.1 Å². The Hall–Kier alpha value is -7.25. The van der Waals surface area contributed by atoms with Crippen LogP contribution in [0.15, 0.2) is 126 Å². The summed E-state index contributed by atoms with van der Waals surface area (Å²) >= 11 is 0. The molecule has 270 valence electrons. The summed E-state index contributed by atoms with van der Waals surface area (Å²) < 4.78 is 7.35. The Balaban J connectivity index is 1.13. The van der Waals surface area contributed by atoms with Gasteiger partial charge in [0.05, 0.1) is 11.6 Å². The van der Waals surface area contributed by atoms with Gasteiger partial charge in [0.15, 0.2) is 5.75 Å². The summed E-state index contributed by atoms with van der Waals surface area (Å²) in [5.41, 5.74) is 7.07. The van der Waals surface area contributed by atoms with Crippen LogP contribution in [0.4, 0.5) is 11.4 Å². The maximum atomic E-state index is 12.9. The van der Waals surface area contributed by atoms with E-state index in [1.807, 2.05) is 48.7 Å². The molecule has 2 heterocycles. The second-order valence-electron chi connectivity index (χ2n) is 16.1. The van der Waals surface area contributed by atoms with Crippen molar-refractivity contribution < 1.29 is 23.9 Å². The first-order valence-corrected chi connectivity index (χ1v) is 19.0. The van der Waals surface area contributed by atoms with Gasteiger partial charge in [-0.15, -0.1) is 0 Å². The number of hydrogen-bond donors (Lipinski definition) is 0. The Kier molecular flexibility index (Phi) is 5.92. The third-order valence-corrected chi connectivity index (χ3v) is 13.1. The van der Waals surface area contributed by atoms with E-state index in [1.54, 1.807) is 24.3 Å². The van der Waals surface area contributed by atoms with Gasteiger partial charge in [0.1, 0.15) is 5.69 Å². The molecule has 7 nitrogen and oxygen atoms in total. The van der Waals surface area contributed by atoms with Gasteiger partial charge in [-0.25, -0.2) is 0 Å². The molecule has 0 saturated heterocycles. The molecular weight excluding hydrogens is 709 g/mol. The number of fused-ring (bicyclic) bond motifs is 7. The zero-order valence-electron chi connectivity index (χ0n) is 31.1. The van der Waals surface area contributed by atoms with Gasteiger partial charge >= 0.3 is 0 Å². The Morgan fingerprint density at radius 3 is 1.60 bits per heavy atom. The van der Waals surface area contributed by atoms with E-state index in [4.69, 9.17) is 9.73 Å². The average Bonchev–Trinajstić information content (AvgIpc) is 3.71. The van der Waals surface area contributed by atoms with E-state index in [2.05, 4.69) is 80.4 Å². The number of Topliss-reactive ketones (excluding diaryl/α,β-unsaturated/α-hetero) is 4. The Morgan fingerprint density at radius 1 is 0.509 bits per heavy atom. The molecule has 0 saturated carbocycles. The van der Waals surface area contributed by atoms with Gasteiger partial charge in [0.2, 0.25) is 28.9 Å². The van der Waals surface area contributed by atoms with Crippen LogP contribution in [0, 0.1) is 0 Å². The first-order valence-electron chi connectivity index (χ1n) is 19.0. The summed E-state index contributed by atoms with van der Waals surface area (Å²) in [7, 11) is 2.06. The van der Waals surface area contributed by atoms with Crippen molar-refractivity contribution in [2.45, 2.75) is 25.0 Å². The zero-order valence-corrected chi connectivity index (χ0v) is 31.1. The summed E-state index contributed by atoms with van der Waals surface area (Å²) in [6.45, 7) is 4.40. The minimum Gasteiger partial charge on any atom is -0.459 e. The SMILES string of the molecule is CN1c2ccccc2C(C)(C)C12C=Nc1c(c3ccc(-c4ccc5c6c(cccc46)C(=O)C5=O)cc3c3cc(-c4ccc5c6c(cccc46)C(=O)C5=O)ccc13)O2. The van der Waals surface area contributed by atoms with Crippen molar-refractivity contribution >= 4 is 83.8 Å². The largest absolute Gasteiger partial charge is 0.459 e. The van der Waals surface area contributed by atoms with Gasteiger partial charge in [-0.2, -0.15) is 0 Å². The van der Waals surface area contributed by atoms with E-state index in [0.717, 1.165) is 65.9 Å². The van der Waals surface area contributed by atoms with Crippen molar-refractivity contribution in [2.24, 2.45) is 4.99 Å². The molecule has 0 radical (unpaired) electrons. The maximum Gasteiger partial charge on any atom is 0.234 e. The number of ketones is 4. The number of anilines is 1. The topological polar surface area (TPSA) is 93.1 Å². The molecule has 0 bridgehead atoms. The van der Waals surface area contributed by atoms with Crippen LogP contribution in [0.1, 0.15) is 60.8 Å². The Morgan fingerprint density at radius 2 is 1.02 bits per heavy atom. The quantitative estimate of drug-likeness (QED) is 0.129. The van der Waals surface area contributed by atoms with E-state index in [1.165, 1.54) is 5.56 Å². The molecule has 4 aliphatic rings. The van der Waals surface area contributed by atoms with Crippen LogP contribution in [0.5, 0.6) is 5.75 Å². The average molecular weight is 739 g/mol. The van der Waals surface area contributed by atoms with Gasteiger partial charge in [-0.05, 0) is 99.6 Å². The molecular formula is C50H30N2O5. The molecule has 57 heavy (non-hydrogen) atoms. The number of benzene rings is 8. The lowest BCUT2D eigenvalue weighted by molar-refractivity contribution is 0.0825. The fourth-order valence-electron chi connectivity index (χ4n) is 10.2. The van der Waals surface area contributed by atoms with Crippen LogP contribution in [0.25, 0.3) is 65.3 Å². The van der Waals surface area contributed by atoms with E-state index in [0.29, 0.717) is 38.8 Å². The molecule has 8 aromatic carbocycles. The van der Waals surface area contributed by atoms with Crippen LogP contribution >= 0.6 is 0 Å². The molecule has 1 spiro atoms. The van der Waals surface area contributed by atoms with Crippen LogP contribution < -0.4 is 9.64 Å². The Bertz CT molecular complexity index is 3320. The standard InChI is InChI=1S/C50H30N2O5/c1-49(2)39-12-4-5-13-40(39)52(3)50(49)24-51-43-31-16-14-25(27-18-20-35-41-29(27)8-6-10-33(41)44(53)46(35)55)22-37(31)38-23-26(15-17-32(38)48(43)57-50)28-19-21-36-42-30(28)9-7-11-34(42)45(54)47(36)56/h4-24H,1-3H3. The normalized spacial score (nSPS) is 18.5. The minimum absolute atomic E-state index is 0.439. The number of nitrogens with zero attached hydrogens (tertiary/aromatic N) is 2. The third kappa shape index (κ3) is 3.79. The molecule has 12 rings (SSSR count). The molecule has 0 N–H and O–H groups in total. The van der Waals surface area contributed by atoms with Gasteiger partial charge < -0.3 is 9.64 Å². The molecule has 0 aromatic heterocycles. The lowest BCUT2D eigenvalue weighted by Crippen LogP contribution is -2.61. The molecule has 0 amide bonds. The second-order valence-corrected chi connectivity index (χ2v) is 16.1. The third-order valence-electron chi connectivity index (χ3n) is 13.1. The number of likely N-dealkylation sites (N-methyl/N-ethyl adjacent to an activating group) is 1. The lowest BCUT2D eigenvalue weighted by atomic mass is 9.77. The molecule has 1 unspecified atom stereocenters. The highest BCUT2D eigenvalue weighted by molar-refractivity contribution is 6.58. The predicted molar refractivity (Wildman–Crippen MR) is 224 cm³/mol. The Labute approximate surface area is 325 Å². The lowest BCUT2D eigenvalue weighted by Gasteiger charge is -2.45. The van der Waals surface area contributed by atoms with E-state index in [-0.39, 0.29) is 0 Å². The van der Waals surface area contributed by atoms with Crippen molar-refractivity contribution in [3.05, 3.63) is 149 Å². The number of para-hydroxylation sites is 1. The van der Waals surface area contributed by atoms with Gasteiger partial charge in [0.25, 0.3) is 0 Å². The van der Waals surface area contributed by atoms with E-state index in [9.17, 15) is 19.2 Å². The maximum absolute atomic E-state index is 12.9. The highest BCUT2D eigenvalue weighted by Crippen LogP contribution is 2.56. The second kappa shape index (κ2) is 10.5. The predicted octanol–water partition coefficient (Wildman–Crippen LogP) is 10.6. The van der Waals surface area contributed by atoms with Crippen molar-refractivity contribution in [1.82, 2.24) is 0 Å². The van der Waals surface area contributed by atoms with Gasteiger partial charge in [-0.1, -0.05) is 84.9 Å². The summed E-state index contributed by atoms with van der Waals surface area (Å²) in [4.78, 5) is 59.1. The van der Waals surface area contributed by atoms with Crippen molar-refractivity contribution in [3.63, 3.8) is 0 Å². The fourth-order valence-corrected chi connectivity index (χ4v) is 10.2. The number of ether oxygens (including phenoxy) is 1. The van der Waals surface area contributed by atoms with Gasteiger partial charge in [-0.3, -0.25) is 24.2 Å². The molecule has 7 heteroatoms. The number of hydrogen-bond acceptors (Lipinski definition) is 7. The first-order chi connectivity index (χ1) is 27.6. The van der Waals surface area contributed by atoms with E-state index < -0.39 is 34.3 Å². The summed E-state index contributed by atoms with van der Waals surface area (Å²) in [5.74, 6) is -1.19. The fraction of sp³-hybridized carbons (Fsp3) is 0.100. The highest BCUT2D eigenvalue weighted by Gasteiger charge is 2.58. The molecule has 8 aromatic rings. The van der Waals surface area contributed by atoms with Crippen molar-refractivity contribution in [2.75, 3.05) is 11.9 Å². The monoisotopic (exact) mass is 738 g/mol. The summed E-state index contributed by atoms with van der Waals surface area (Å²) in [5, 5.41) is 6.77. The number of aliphatic imine (C=N–C) groups is 1. The number of carbonyl (C=O) groups excluding carboxylic acids is 4. The number of carbonyl (C=O) groups is 4. The zero-order chi connectivity index (χ0) is 38.7. The van der Waals surface area contributed by atoms with E-state index >= 15 is 0 Å². The molecule has 2 aliphatic carbocycles. The van der Waals surface area contributed by atoms with Crippen LogP contribution in [0.2, 0.25) is 0 Å². The van der Waals surface area contributed by atoms with Crippen LogP contribution in [-0.2, 0) is 5.41 Å². The van der Waals surface area contributed by atoms with Crippen molar-refractivity contribution in [3.8, 4) is 28.0 Å². The first kappa shape index (κ1) is 32.0. The van der Waals surface area contributed by atoms with Crippen LogP contribution in [0.3, 0.4) is 0 Å². The smallest absolute Gasteiger partial charge is 0.234 e. The van der Waals surface area contributed by atoms with Crippen molar-refractivity contribution in [1.29, 1.82) is 0 Å². The number of rotatable bonds is 2. The minimum atomic E-state index is -0.904. The molecule has 1 atom stereocenters. The highest BCUT2D eigenvalue weighted by atomic mass is 16.5. The summed E-state index contributed by atoms with van der Waals surface area (Å²) in [6, 6.07) is 39.5. The molecule has 2 aliphatic heterocycles. The summed E-state index contributed by atoms with van der Waals surface area (Å²) in [6.07, 6.45) is 1.95. The van der Waals surface area contributed by atoms with Gasteiger partial charge in [0, 0.05) is 56.5 Å².